The summed E-state index contributed by atoms with van der Waals surface area (Å²) in [4.78, 5) is 0. The molecule has 4 aromatic rings. The first-order chi connectivity index (χ1) is 15.3. The van der Waals surface area contributed by atoms with E-state index in [-0.39, 0.29) is 0 Å². The molecule has 0 aliphatic rings. The third-order valence-corrected chi connectivity index (χ3v) is 5.43. The zero-order valence-corrected chi connectivity index (χ0v) is 18.0. The van der Waals surface area contributed by atoms with E-state index in [1.807, 2.05) is 24.3 Å². The quantitative estimate of drug-likeness (QED) is 0.294. The molecule has 0 spiro atoms. The lowest BCUT2D eigenvalue weighted by molar-refractivity contribution is 0.283. The van der Waals surface area contributed by atoms with Crippen molar-refractivity contribution < 1.29 is 9.47 Å². The van der Waals surface area contributed by atoms with Gasteiger partial charge in [-0.2, -0.15) is 0 Å². The molecule has 0 fully saturated rings. The molecule has 4 rings (SSSR count). The Hall–Kier alpha value is -3.52. The second kappa shape index (κ2) is 10.5. The molecule has 0 aliphatic carbocycles. The summed E-state index contributed by atoms with van der Waals surface area (Å²) in [7, 11) is 1.73. The van der Waals surface area contributed by atoms with Gasteiger partial charge in [0, 0.05) is 0 Å². The predicted molar refractivity (Wildman–Crippen MR) is 128 cm³/mol. The molecule has 4 aromatic carbocycles. The molecule has 156 valence electrons. The summed E-state index contributed by atoms with van der Waals surface area (Å²) in [5.74, 6) is 1.63. The Morgan fingerprint density at radius 2 is 1.23 bits per heavy atom. The number of ether oxygens (including phenoxy) is 2. The second-order valence-electron chi connectivity index (χ2n) is 7.65. The monoisotopic (exact) mass is 408 g/mol. The van der Waals surface area contributed by atoms with Gasteiger partial charge in [-0.15, -0.1) is 0 Å². The van der Waals surface area contributed by atoms with E-state index in [9.17, 15) is 0 Å². The highest BCUT2D eigenvalue weighted by Crippen LogP contribution is 2.38. The molecule has 0 aliphatic heterocycles. The molecule has 2 heteroatoms. The van der Waals surface area contributed by atoms with Crippen LogP contribution in [0.15, 0.2) is 103 Å². The van der Waals surface area contributed by atoms with Crippen molar-refractivity contribution in [1.82, 2.24) is 0 Å². The van der Waals surface area contributed by atoms with E-state index >= 15 is 0 Å². The number of rotatable bonds is 9. The minimum Gasteiger partial charge on any atom is -0.493 e. The van der Waals surface area contributed by atoms with Crippen LogP contribution in [-0.4, -0.2) is 7.11 Å². The van der Waals surface area contributed by atoms with Crippen LogP contribution in [-0.2, 0) is 19.4 Å². The topological polar surface area (TPSA) is 18.5 Å². The summed E-state index contributed by atoms with van der Waals surface area (Å²) in [5, 5.41) is 0. The van der Waals surface area contributed by atoms with E-state index in [0.29, 0.717) is 6.61 Å². The molecule has 0 saturated carbocycles. The lowest BCUT2D eigenvalue weighted by Crippen LogP contribution is -2.02. The van der Waals surface area contributed by atoms with Crippen molar-refractivity contribution in [3.63, 3.8) is 0 Å². The Balaban J connectivity index is 1.61. The highest BCUT2D eigenvalue weighted by molar-refractivity contribution is 5.69. The summed E-state index contributed by atoms with van der Waals surface area (Å²) in [6.07, 6.45) is 3.02. The van der Waals surface area contributed by atoms with Crippen molar-refractivity contribution >= 4 is 0 Å². The number of aryl methyl sites for hydroxylation is 2. The molecule has 0 heterocycles. The van der Waals surface area contributed by atoms with E-state index in [1.165, 1.54) is 16.7 Å². The van der Waals surface area contributed by atoms with Crippen molar-refractivity contribution in [2.75, 3.05) is 7.11 Å². The molecule has 0 unspecified atom stereocenters. The van der Waals surface area contributed by atoms with E-state index in [4.69, 9.17) is 9.47 Å². The fourth-order valence-electron chi connectivity index (χ4n) is 3.84. The normalized spacial score (nSPS) is 10.6. The maximum absolute atomic E-state index is 6.26. The zero-order valence-electron chi connectivity index (χ0n) is 18.0. The summed E-state index contributed by atoms with van der Waals surface area (Å²) in [6.45, 7) is 0.513. The van der Waals surface area contributed by atoms with Gasteiger partial charge in [0.25, 0.3) is 0 Å². The Morgan fingerprint density at radius 3 is 1.87 bits per heavy atom. The lowest BCUT2D eigenvalue weighted by Gasteiger charge is -2.17. The van der Waals surface area contributed by atoms with Crippen molar-refractivity contribution in [2.45, 2.75) is 25.9 Å². The van der Waals surface area contributed by atoms with Crippen LogP contribution < -0.4 is 9.47 Å². The van der Waals surface area contributed by atoms with Gasteiger partial charge >= 0.3 is 0 Å². The van der Waals surface area contributed by atoms with Crippen LogP contribution in [0.4, 0.5) is 0 Å². The van der Waals surface area contributed by atoms with Crippen LogP contribution in [0.3, 0.4) is 0 Å². The first-order valence-corrected chi connectivity index (χ1v) is 10.8. The summed E-state index contributed by atoms with van der Waals surface area (Å²) >= 11 is 0. The van der Waals surface area contributed by atoms with Crippen LogP contribution in [0.2, 0.25) is 0 Å². The van der Waals surface area contributed by atoms with Crippen LogP contribution >= 0.6 is 0 Å². The van der Waals surface area contributed by atoms with Gasteiger partial charge in [0.2, 0.25) is 0 Å². The molecule has 0 bridgehead atoms. The molecule has 0 amide bonds. The van der Waals surface area contributed by atoms with Crippen molar-refractivity contribution in [3.8, 4) is 22.6 Å². The van der Waals surface area contributed by atoms with Gasteiger partial charge in [-0.1, -0.05) is 91.0 Å². The minimum atomic E-state index is 0.513. The molecule has 0 saturated heterocycles. The highest BCUT2D eigenvalue weighted by Gasteiger charge is 2.14. The zero-order chi connectivity index (χ0) is 21.3. The average Bonchev–Trinajstić information content (AvgIpc) is 2.84. The van der Waals surface area contributed by atoms with E-state index in [1.54, 1.807) is 7.11 Å². The molecule has 31 heavy (non-hydrogen) atoms. The van der Waals surface area contributed by atoms with Gasteiger partial charge in [-0.3, -0.25) is 0 Å². The molecule has 2 nitrogen and oxygen atoms in total. The van der Waals surface area contributed by atoms with Gasteiger partial charge in [-0.05, 0) is 59.2 Å². The number of hydrogen-bond donors (Lipinski definition) is 0. The first kappa shape index (κ1) is 20.7. The van der Waals surface area contributed by atoms with E-state index < -0.39 is 0 Å². The van der Waals surface area contributed by atoms with Crippen LogP contribution in [0, 0.1) is 0 Å². The minimum absolute atomic E-state index is 0.513. The summed E-state index contributed by atoms with van der Waals surface area (Å²) in [5.41, 5.74) is 6.02. The third kappa shape index (κ3) is 5.55. The van der Waals surface area contributed by atoms with E-state index in [0.717, 1.165) is 41.9 Å². The van der Waals surface area contributed by atoms with Gasteiger partial charge in [0.15, 0.2) is 11.5 Å². The second-order valence-corrected chi connectivity index (χ2v) is 7.65. The summed E-state index contributed by atoms with van der Waals surface area (Å²) in [6, 6.07) is 35.7. The van der Waals surface area contributed by atoms with Gasteiger partial charge in [0.05, 0.1) is 7.11 Å². The molecular weight excluding hydrogens is 380 g/mol. The average molecular weight is 409 g/mol. The van der Waals surface area contributed by atoms with Crippen LogP contribution in [0.25, 0.3) is 11.1 Å². The van der Waals surface area contributed by atoms with E-state index in [2.05, 4.69) is 78.9 Å². The summed E-state index contributed by atoms with van der Waals surface area (Å²) < 4.78 is 12.1. The van der Waals surface area contributed by atoms with Crippen molar-refractivity contribution in [2.24, 2.45) is 0 Å². The molecule has 0 aromatic heterocycles. The largest absolute Gasteiger partial charge is 0.493 e. The fourth-order valence-corrected chi connectivity index (χ4v) is 3.84. The number of hydrogen-bond acceptors (Lipinski definition) is 2. The first-order valence-electron chi connectivity index (χ1n) is 10.8. The standard InChI is InChI=1S/C29H28O2/c1-30-29-26(19-11-16-23-12-5-2-6-13-23)20-27(25-17-9-4-10-18-25)21-28(29)31-22-24-14-7-3-8-15-24/h2-10,12-15,17-18,20-21H,11,16,19,22H2,1H3. The van der Waals surface area contributed by atoms with Crippen molar-refractivity contribution in [1.29, 1.82) is 0 Å². The van der Waals surface area contributed by atoms with Gasteiger partial charge < -0.3 is 9.47 Å². The SMILES string of the molecule is COc1c(CCCc2ccccc2)cc(-c2ccccc2)cc1OCc1ccccc1. The van der Waals surface area contributed by atoms with Crippen LogP contribution in [0.1, 0.15) is 23.1 Å². The maximum atomic E-state index is 6.26. The van der Waals surface area contributed by atoms with Crippen LogP contribution in [0.5, 0.6) is 11.5 Å². The Morgan fingerprint density at radius 1 is 0.613 bits per heavy atom. The number of methoxy groups -OCH3 is 1. The third-order valence-electron chi connectivity index (χ3n) is 5.43. The predicted octanol–water partition coefficient (Wildman–Crippen LogP) is 7.12. The van der Waals surface area contributed by atoms with Gasteiger partial charge in [0.1, 0.15) is 6.61 Å². The Bertz CT molecular complexity index is 1070. The molecule has 0 radical (unpaired) electrons. The highest BCUT2D eigenvalue weighted by atomic mass is 16.5. The molecular formula is C29H28O2. The number of benzene rings is 4. The van der Waals surface area contributed by atoms with Gasteiger partial charge in [-0.25, -0.2) is 0 Å². The smallest absolute Gasteiger partial charge is 0.163 e. The molecule has 0 atom stereocenters. The molecule has 0 N–H and O–H groups in total. The maximum Gasteiger partial charge on any atom is 0.163 e. The Labute approximate surface area is 185 Å². The Kier molecular flexibility index (Phi) is 7.02. The fraction of sp³-hybridized carbons (Fsp3) is 0.172. The lowest BCUT2D eigenvalue weighted by atomic mass is 9.97. The van der Waals surface area contributed by atoms with Crippen molar-refractivity contribution in [3.05, 3.63) is 120 Å².